The lowest BCUT2D eigenvalue weighted by molar-refractivity contribution is -0.139. The second-order valence-electron chi connectivity index (χ2n) is 6.50. The van der Waals surface area contributed by atoms with Gasteiger partial charge in [0.2, 0.25) is 11.8 Å². The number of aryl methyl sites for hydroxylation is 2. The molecule has 0 aromatic carbocycles. The van der Waals surface area contributed by atoms with Crippen LogP contribution in [0.5, 0.6) is 0 Å². The van der Waals surface area contributed by atoms with Gasteiger partial charge >= 0.3 is 0 Å². The van der Waals surface area contributed by atoms with Gasteiger partial charge in [-0.2, -0.15) is 5.10 Å². The number of fused-ring (bicyclic) bond motifs is 1. The predicted octanol–water partition coefficient (Wildman–Crippen LogP) is 2.55. The fourth-order valence-corrected chi connectivity index (χ4v) is 3.49. The van der Waals surface area contributed by atoms with Crippen molar-refractivity contribution in [1.29, 1.82) is 0 Å². The van der Waals surface area contributed by atoms with Crippen LogP contribution in [0.15, 0.2) is 10.6 Å². The van der Waals surface area contributed by atoms with Gasteiger partial charge in [-0.1, -0.05) is 6.42 Å². The fraction of sp³-hybridized carbons (Fsp3) is 0.588. The molecule has 2 aliphatic rings. The Labute approximate surface area is 135 Å². The van der Waals surface area contributed by atoms with E-state index < -0.39 is 0 Å². The molecule has 23 heavy (non-hydrogen) atoms. The Kier molecular flexibility index (Phi) is 3.47. The Morgan fingerprint density at radius 3 is 2.87 bits per heavy atom. The van der Waals surface area contributed by atoms with Crippen LogP contribution in [0, 0.1) is 12.8 Å². The van der Waals surface area contributed by atoms with Gasteiger partial charge in [0, 0.05) is 43.2 Å². The summed E-state index contributed by atoms with van der Waals surface area (Å²) in [6.45, 7) is 6.20. The number of carbonyl (C=O) groups excluding carboxylic acids is 1. The monoisotopic (exact) mass is 314 g/mol. The van der Waals surface area contributed by atoms with Crippen molar-refractivity contribution >= 4 is 5.91 Å². The molecule has 3 heterocycles. The minimum atomic E-state index is 0.241. The molecule has 0 unspecified atom stereocenters. The first-order valence-corrected chi connectivity index (χ1v) is 8.47. The fourth-order valence-electron chi connectivity index (χ4n) is 3.49. The molecule has 0 radical (unpaired) electrons. The Balaban J connectivity index is 1.68. The van der Waals surface area contributed by atoms with E-state index in [9.17, 15) is 4.79 Å². The number of aromatic nitrogens is 3. The Hall–Kier alpha value is -2.11. The third kappa shape index (κ3) is 2.36. The van der Waals surface area contributed by atoms with Crippen LogP contribution >= 0.6 is 0 Å². The summed E-state index contributed by atoms with van der Waals surface area (Å²) < 4.78 is 7.70. The van der Waals surface area contributed by atoms with E-state index in [-0.39, 0.29) is 5.92 Å². The molecule has 0 saturated heterocycles. The van der Waals surface area contributed by atoms with Crippen LogP contribution in [0.4, 0.5) is 0 Å². The van der Waals surface area contributed by atoms with Gasteiger partial charge in [-0.15, -0.1) is 0 Å². The second-order valence-corrected chi connectivity index (χ2v) is 6.50. The molecule has 1 fully saturated rings. The Morgan fingerprint density at radius 2 is 2.26 bits per heavy atom. The Morgan fingerprint density at radius 1 is 1.43 bits per heavy atom. The summed E-state index contributed by atoms with van der Waals surface area (Å²) in [5, 5.41) is 4.69. The van der Waals surface area contributed by atoms with E-state index in [2.05, 4.69) is 17.0 Å². The van der Waals surface area contributed by atoms with Crippen molar-refractivity contribution in [3.63, 3.8) is 0 Å². The van der Waals surface area contributed by atoms with Gasteiger partial charge < -0.3 is 9.32 Å². The predicted molar refractivity (Wildman–Crippen MR) is 84.6 cm³/mol. The lowest BCUT2D eigenvalue weighted by atomic mass is 9.84. The number of hydrogen-bond acceptors (Lipinski definition) is 4. The van der Waals surface area contributed by atoms with Gasteiger partial charge in [-0.3, -0.25) is 9.48 Å². The summed E-state index contributed by atoms with van der Waals surface area (Å²) in [4.78, 5) is 18.9. The van der Waals surface area contributed by atoms with E-state index in [1.165, 1.54) is 12.1 Å². The van der Waals surface area contributed by atoms with Crippen molar-refractivity contribution in [2.24, 2.45) is 5.92 Å². The summed E-state index contributed by atoms with van der Waals surface area (Å²) >= 11 is 0. The molecule has 122 valence electrons. The van der Waals surface area contributed by atoms with E-state index in [4.69, 9.17) is 4.42 Å². The lowest BCUT2D eigenvalue weighted by Crippen LogP contribution is -2.42. The van der Waals surface area contributed by atoms with Crippen LogP contribution in [0.25, 0.3) is 11.6 Å². The summed E-state index contributed by atoms with van der Waals surface area (Å²) in [7, 11) is 0. The van der Waals surface area contributed by atoms with Crippen molar-refractivity contribution in [2.45, 2.75) is 52.6 Å². The van der Waals surface area contributed by atoms with Crippen LogP contribution < -0.4 is 0 Å². The summed E-state index contributed by atoms with van der Waals surface area (Å²) in [6, 6.07) is 0. The van der Waals surface area contributed by atoms with E-state index in [1.807, 2.05) is 16.5 Å². The minimum Gasteiger partial charge on any atom is -0.440 e. The first-order chi connectivity index (χ1) is 11.2. The maximum Gasteiger partial charge on any atom is 0.247 e. The lowest BCUT2D eigenvalue weighted by Gasteiger charge is -2.34. The molecule has 6 heteroatoms. The first kappa shape index (κ1) is 14.5. The highest BCUT2D eigenvalue weighted by molar-refractivity contribution is 5.80. The third-order valence-electron chi connectivity index (χ3n) is 5.02. The van der Waals surface area contributed by atoms with Crippen molar-refractivity contribution in [2.75, 3.05) is 6.54 Å². The maximum atomic E-state index is 12.6. The molecule has 2 aromatic heterocycles. The zero-order valence-corrected chi connectivity index (χ0v) is 13.7. The topological polar surface area (TPSA) is 64.2 Å². The normalized spacial score (nSPS) is 17.9. The van der Waals surface area contributed by atoms with E-state index in [0.717, 1.165) is 49.4 Å². The molecule has 0 atom stereocenters. The van der Waals surface area contributed by atoms with Crippen LogP contribution in [0.3, 0.4) is 0 Å². The molecule has 1 saturated carbocycles. The maximum absolute atomic E-state index is 12.6. The number of amides is 1. The Bertz CT molecular complexity index is 742. The molecule has 1 amide bonds. The zero-order chi connectivity index (χ0) is 16.0. The molecule has 0 spiro atoms. The van der Waals surface area contributed by atoms with Crippen molar-refractivity contribution in [1.82, 2.24) is 19.7 Å². The average Bonchev–Trinajstić information content (AvgIpc) is 3.08. The molecule has 0 N–H and O–H groups in total. The average molecular weight is 314 g/mol. The molecule has 0 bridgehead atoms. The van der Waals surface area contributed by atoms with Crippen LogP contribution in [-0.4, -0.2) is 32.1 Å². The first-order valence-electron chi connectivity index (χ1n) is 8.47. The summed E-state index contributed by atoms with van der Waals surface area (Å²) in [5.74, 6) is 1.88. The number of oxazole rings is 1. The third-order valence-corrected chi connectivity index (χ3v) is 5.02. The van der Waals surface area contributed by atoms with Crippen molar-refractivity contribution in [3.8, 4) is 11.6 Å². The smallest absolute Gasteiger partial charge is 0.247 e. The van der Waals surface area contributed by atoms with Crippen molar-refractivity contribution < 1.29 is 9.21 Å². The molecular weight excluding hydrogens is 292 g/mol. The zero-order valence-electron chi connectivity index (χ0n) is 13.7. The second kappa shape index (κ2) is 5.51. The van der Waals surface area contributed by atoms with Crippen LogP contribution in [-0.2, 0) is 24.3 Å². The molecule has 1 aliphatic carbocycles. The van der Waals surface area contributed by atoms with Gasteiger partial charge in [0.1, 0.15) is 5.76 Å². The van der Waals surface area contributed by atoms with Gasteiger partial charge in [0.15, 0.2) is 5.69 Å². The van der Waals surface area contributed by atoms with Gasteiger partial charge in [0.25, 0.3) is 0 Å². The highest BCUT2D eigenvalue weighted by atomic mass is 16.4. The highest BCUT2D eigenvalue weighted by Gasteiger charge is 2.34. The molecule has 4 rings (SSSR count). The van der Waals surface area contributed by atoms with Crippen molar-refractivity contribution in [3.05, 3.63) is 23.2 Å². The van der Waals surface area contributed by atoms with Gasteiger partial charge in [0.05, 0.1) is 6.20 Å². The van der Waals surface area contributed by atoms with Gasteiger partial charge in [-0.25, -0.2) is 4.98 Å². The highest BCUT2D eigenvalue weighted by Crippen LogP contribution is 2.33. The summed E-state index contributed by atoms with van der Waals surface area (Å²) in [5.41, 5.74) is 3.12. The largest absolute Gasteiger partial charge is 0.440 e. The number of nitrogens with zero attached hydrogens (tertiary/aromatic N) is 4. The quantitative estimate of drug-likeness (QED) is 0.873. The number of rotatable bonds is 3. The van der Waals surface area contributed by atoms with Crippen LogP contribution in [0.1, 0.15) is 43.2 Å². The van der Waals surface area contributed by atoms with E-state index in [0.29, 0.717) is 18.3 Å². The van der Waals surface area contributed by atoms with Crippen LogP contribution in [0.2, 0.25) is 0 Å². The molecule has 1 aliphatic heterocycles. The minimum absolute atomic E-state index is 0.241. The van der Waals surface area contributed by atoms with Gasteiger partial charge in [-0.05, 0) is 26.7 Å². The molecular formula is C17H22N4O2. The van der Waals surface area contributed by atoms with E-state index in [1.54, 1.807) is 6.20 Å². The summed E-state index contributed by atoms with van der Waals surface area (Å²) in [6.07, 6.45) is 5.84. The number of carbonyl (C=O) groups is 1. The molecule has 2 aromatic rings. The molecule has 6 nitrogen and oxygen atoms in total. The standard InChI is InChI=1S/C17H22N4O2/c1-3-21-14-7-8-20(17(22)12-5-4-6-12)10-13(14)15(19-21)16-18-9-11(2)23-16/h9,12H,3-8,10H2,1-2H3. The number of hydrogen-bond donors (Lipinski definition) is 0. The van der Waals surface area contributed by atoms with E-state index >= 15 is 0 Å². The SMILES string of the molecule is CCn1nc(-c2ncc(C)o2)c2c1CCN(C(=O)C1CCC1)C2.